The Morgan fingerprint density at radius 2 is 1.76 bits per heavy atom. The molecule has 0 saturated heterocycles. The molecule has 0 aliphatic heterocycles. The Morgan fingerprint density at radius 3 is 2.39 bits per heavy atom. The predicted molar refractivity (Wildman–Crippen MR) is 114 cm³/mol. The zero-order valence-corrected chi connectivity index (χ0v) is 19.0. The summed E-state index contributed by atoms with van der Waals surface area (Å²) in [6.45, 7) is 3.24. The molecule has 1 unspecified atom stereocenters. The summed E-state index contributed by atoms with van der Waals surface area (Å²) in [5.74, 6) is -0.491. The van der Waals surface area contributed by atoms with Crippen molar-refractivity contribution in [2.45, 2.75) is 26.1 Å². The molecule has 0 bridgehead atoms. The minimum Gasteiger partial charge on any atom is -0.477 e. The quantitative estimate of drug-likeness (QED) is 0.336. The van der Waals surface area contributed by atoms with Crippen LogP contribution in [0, 0.1) is 0 Å². The largest absolute Gasteiger partial charge is 0.477 e. The van der Waals surface area contributed by atoms with E-state index in [2.05, 4.69) is 10.1 Å². The van der Waals surface area contributed by atoms with E-state index in [9.17, 15) is 22.8 Å². The second-order valence-corrected chi connectivity index (χ2v) is 7.23. The number of halogens is 5. The fourth-order valence-electron chi connectivity index (χ4n) is 2.37. The Morgan fingerprint density at radius 1 is 1.03 bits per heavy atom. The zero-order valence-electron chi connectivity index (χ0n) is 17.5. The van der Waals surface area contributed by atoms with E-state index in [4.69, 9.17) is 37.4 Å². The molecule has 7 nitrogen and oxygen atoms in total. The van der Waals surface area contributed by atoms with E-state index in [0.29, 0.717) is 0 Å². The van der Waals surface area contributed by atoms with E-state index in [0.717, 1.165) is 18.2 Å². The molecular formula is C21H20Cl2F3NO6. The van der Waals surface area contributed by atoms with E-state index >= 15 is 0 Å². The van der Waals surface area contributed by atoms with Gasteiger partial charge in [0.25, 0.3) is 0 Å². The minimum absolute atomic E-state index is 0.0144. The predicted octanol–water partition coefficient (Wildman–Crippen LogP) is 5.86. The van der Waals surface area contributed by atoms with Crippen LogP contribution in [0.5, 0.6) is 17.2 Å². The highest BCUT2D eigenvalue weighted by atomic mass is 35.5. The Hall–Kier alpha value is -2.85. The number of carbonyl (C=O) groups is 2. The van der Waals surface area contributed by atoms with Gasteiger partial charge in [-0.25, -0.2) is 9.59 Å². The van der Waals surface area contributed by atoms with Crippen molar-refractivity contribution >= 4 is 35.3 Å². The van der Waals surface area contributed by atoms with Crippen LogP contribution >= 0.6 is 23.2 Å². The number of alkyl carbamates (subject to hydrolysis) is 1. The van der Waals surface area contributed by atoms with Gasteiger partial charge in [0.2, 0.25) is 0 Å². The van der Waals surface area contributed by atoms with Gasteiger partial charge in [-0.05, 0) is 44.2 Å². The van der Waals surface area contributed by atoms with Gasteiger partial charge in [0, 0.05) is 6.07 Å². The molecule has 180 valence electrons. The Balaban J connectivity index is 1.98. The first-order valence-electron chi connectivity index (χ1n) is 9.59. The zero-order chi connectivity index (χ0) is 24.6. The van der Waals surface area contributed by atoms with Gasteiger partial charge in [-0.2, -0.15) is 13.2 Å². The smallest absolute Gasteiger partial charge is 0.416 e. The summed E-state index contributed by atoms with van der Waals surface area (Å²) < 4.78 is 59.1. The summed E-state index contributed by atoms with van der Waals surface area (Å²) in [6.07, 6.45) is -6.23. The molecule has 0 heterocycles. The highest BCUT2D eigenvalue weighted by Gasteiger charge is 2.31. The fourth-order valence-corrected chi connectivity index (χ4v) is 2.75. The summed E-state index contributed by atoms with van der Waals surface area (Å²) >= 11 is 12.0. The molecule has 0 fully saturated rings. The lowest BCUT2D eigenvalue weighted by Gasteiger charge is -2.16. The van der Waals surface area contributed by atoms with Gasteiger partial charge in [-0.3, -0.25) is 0 Å². The maximum Gasteiger partial charge on any atom is 0.416 e. The Kier molecular flexibility index (Phi) is 9.48. The second-order valence-electron chi connectivity index (χ2n) is 6.41. The lowest BCUT2D eigenvalue weighted by atomic mass is 10.2. The molecule has 12 heteroatoms. The number of hydrogen-bond donors (Lipinski definition) is 1. The lowest BCUT2D eigenvalue weighted by Crippen LogP contribution is -2.32. The number of esters is 1. The van der Waals surface area contributed by atoms with Crippen LogP contribution in [-0.4, -0.2) is 37.9 Å². The van der Waals surface area contributed by atoms with Crippen LogP contribution in [0.25, 0.3) is 0 Å². The molecule has 2 rings (SSSR count). The van der Waals surface area contributed by atoms with Crippen molar-refractivity contribution in [3.8, 4) is 17.2 Å². The Bertz CT molecular complexity index is 987. The van der Waals surface area contributed by atoms with E-state index in [-0.39, 0.29) is 47.1 Å². The molecular weight excluding hydrogens is 490 g/mol. The third-order valence-corrected chi connectivity index (χ3v) is 4.52. The molecule has 33 heavy (non-hydrogen) atoms. The molecule has 0 aliphatic rings. The first-order valence-corrected chi connectivity index (χ1v) is 10.3. The molecule has 1 amide bonds. The number of nitrogens with one attached hydrogen (secondary N) is 1. The van der Waals surface area contributed by atoms with Gasteiger partial charge in [0.15, 0.2) is 6.10 Å². The van der Waals surface area contributed by atoms with Crippen molar-refractivity contribution in [2.75, 3.05) is 19.8 Å². The van der Waals surface area contributed by atoms with Crippen LogP contribution < -0.4 is 14.8 Å². The molecule has 2 aromatic carbocycles. The van der Waals surface area contributed by atoms with Gasteiger partial charge in [0.05, 0.1) is 28.8 Å². The number of ether oxygens (including phenoxy) is 4. The van der Waals surface area contributed by atoms with Crippen LogP contribution in [-0.2, 0) is 20.4 Å². The molecule has 2 aromatic rings. The van der Waals surface area contributed by atoms with Gasteiger partial charge in [-0.1, -0.05) is 23.2 Å². The molecule has 0 spiro atoms. The molecule has 0 saturated carbocycles. The van der Waals surface area contributed by atoms with E-state index in [1.165, 1.54) is 25.1 Å². The van der Waals surface area contributed by atoms with Crippen molar-refractivity contribution in [1.82, 2.24) is 5.32 Å². The molecule has 1 N–H and O–H groups in total. The molecule has 0 radical (unpaired) electrons. The fraction of sp³-hybridized carbons (Fsp3) is 0.333. The number of rotatable bonds is 9. The van der Waals surface area contributed by atoms with Gasteiger partial charge in [-0.15, -0.1) is 0 Å². The normalized spacial score (nSPS) is 12.0. The van der Waals surface area contributed by atoms with E-state index in [1.807, 2.05) is 0 Å². The summed E-state index contributed by atoms with van der Waals surface area (Å²) in [7, 11) is 0. The van der Waals surface area contributed by atoms with E-state index < -0.39 is 29.9 Å². The number of alkyl halides is 3. The topological polar surface area (TPSA) is 83.1 Å². The number of carbonyl (C=O) groups excluding carboxylic acids is 2. The summed E-state index contributed by atoms with van der Waals surface area (Å²) in [6, 6.07) is 6.90. The number of amides is 1. The Labute approximate surface area is 197 Å². The van der Waals surface area contributed by atoms with Gasteiger partial charge in [0.1, 0.15) is 23.9 Å². The van der Waals surface area contributed by atoms with Crippen molar-refractivity contribution in [2.24, 2.45) is 0 Å². The maximum absolute atomic E-state index is 12.8. The van der Waals surface area contributed by atoms with Crippen LogP contribution in [0.4, 0.5) is 18.0 Å². The first kappa shape index (κ1) is 26.4. The van der Waals surface area contributed by atoms with Crippen LogP contribution in [0.1, 0.15) is 19.4 Å². The van der Waals surface area contributed by atoms with Crippen molar-refractivity contribution in [1.29, 1.82) is 0 Å². The average Bonchev–Trinajstić information content (AvgIpc) is 2.74. The minimum atomic E-state index is -4.54. The third kappa shape index (κ3) is 8.21. The first-order chi connectivity index (χ1) is 15.5. The van der Waals surface area contributed by atoms with Crippen molar-refractivity contribution < 1.29 is 41.7 Å². The third-order valence-electron chi connectivity index (χ3n) is 3.92. The summed E-state index contributed by atoms with van der Waals surface area (Å²) in [5.41, 5.74) is -0.912. The molecule has 0 aliphatic carbocycles. The summed E-state index contributed by atoms with van der Waals surface area (Å²) in [4.78, 5) is 23.2. The van der Waals surface area contributed by atoms with Gasteiger partial charge < -0.3 is 24.3 Å². The maximum atomic E-state index is 12.8. The highest BCUT2D eigenvalue weighted by Crippen LogP contribution is 2.38. The van der Waals surface area contributed by atoms with Crippen molar-refractivity contribution in [3.05, 3.63) is 52.0 Å². The van der Waals surface area contributed by atoms with Crippen LogP contribution in [0.3, 0.4) is 0 Å². The summed E-state index contributed by atoms with van der Waals surface area (Å²) in [5, 5.41) is 2.31. The standard InChI is InChI=1S/C21H20Cl2F3NO6/c1-3-30-20(29)27-8-9-31-19(28)12(2)32-18-11-14(5-6-15(18)22)33-17-7-4-13(10-16(17)23)21(24,25)26/h4-7,10-12H,3,8-9H2,1-2H3,(H,27,29). The van der Waals surface area contributed by atoms with Gasteiger partial charge >= 0.3 is 18.2 Å². The highest BCUT2D eigenvalue weighted by molar-refractivity contribution is 6.32. The average molecular weight is 510 g/mol. The molecule has 1 atom stereocenters. The molecule has 0 aromatic heterocycles. The van der Waals surface area contributed by atoms with E-state index in [1.54, 1.807) is 6.92 Å². The van der Waals surface area contributed by atoms with Crippen molar-refractivity contribution in [3.63, 3.8) is 0 Å². The SMILES string of the molecule is CCOC(=O)NCCOC(=O)C(C)Oc1cc(Oc2ccc(C(F)(F)F)cc2Cl)ccc1Cl. The monoisotopic (exact) mass is 509 g/mol. The number of benzene rings is 2. The van der Waals surface area contributed by atoms with Crippen LogP contribution in [0.2, 0.25) is 10.0 Å². The second kappa shape index (κ2) is 11.9. The number of hydrogen-bond acceptors (Lipinski definition) is 6. The van der Waals surface area contributed by atoms with Crippen LogP contribution in [0.15, 0.2) is 36.4 Å². The lowest BCUT2D eigenvalue weighted by molar-refractivity contribution is -0.150.